The molecule has 1 saturated heterocycles. The lowest BCUT2D eigenvalue weighted by Crippen LogP contribution is -2.30. The fourth-order valence-corrected chi connectivity index (χ4v) is 3.52. The zero-order valence-corrected chi connectivity index (χ0v) is 17.4. The third-order valence-corrected chi connectivity index (χ3v) is 5.15. The van der Waals surface area contributed by atoms with Crippen molar-refractivity contribution in [3.8, 4) is 5.75 Å². The number of likely N-dealkylation sites (N-methyl/N-ethyl adjacent to an activating group) is 1. The summed E-state index contributed by atoms with van der Waals surface area (Å²) in [5, 5.41) is 3.68. The van der Waals surface area contributed by atoms with Gasteiger partial charge in [-0.05, 0) is 58.8 Å². The van der Waals surface area contributed by atoms with Crippen LogP contribution in [0, 0.1) is 0 Å². The van der Waals surface area contributed by atoms with E-state index in [4.69, 9.17) is 27.9 Å². The van der Waals surface area contributed by atoms with Gasteiger partial charge in [-0.15, -0.1) is 0 Å². The molecule has 1 aliphatic rings. The van der Waals surface area contributed by atoms with Gasteiger partial charge in [0.1, 0.15) is 18.1 Å². The molecule has 1 fully saturated rings. The summed E-state index contributed by atoms with van der Waals surface area (Å²) in [6.45, 7) is 2.36. The van der Waals surface area contributed by atoms with Gasteiger partial charge < -0.3 is 10.1 Å². The van der Waals surface area contributed by atoms with Crippen LogP contribution in [-0.2, 0) is 11.4 Å². The molecule has 5 nitrogen and oxygen atoms in total. The maximum Gasteiger partial charge on any atom is 0.328 e. The topological polar surface area (TPSA) is 58.6 Å². The molecule has 2 aromatic rings. The van der Waals surface area contributed by atoms with E-state index in [1.54, 1.807) is 43.3 Å². The average molecular weight is 470 g/mol. The Kier molecular flexibility index (Phi) is 6.09. The van der Waals surface area contributed by atoms with E-state index in [1.165, 1.54) is 0 Å². The molecule has 3 rings (SSSR count). The number of hydrogen-bond acceptors (Lipinski definition) is 3. The highest BCUT2D eigenvalue weighted by molar-refractivity contribution is 9.10. The van der Waals surface area contributed by atoms with Crippen LogP contribution in [0.3, 0.4) is 0 Å². The second-order valence-corrected chi connectivity index (χ2v) is 7.45. The normalized spacial score (nSPS) is 15.4. The zero-order chi connectivity index (χ0) is 19.6. The molecule has 27 heavy (non-hydrogen) atoms. The molecule has 0 atom stereocenters. The Morgan fingerprint density at radius 3 is 2.59 bits per heavy atom. The average Bonchev–Trinajstić information content (AvgIpc) is 2.88. The third kappa shape index (κ3) is 4.46. The molecule has 0 saturated carbocycles. The molecule has 0 aromatic heterocycles. The molecule has 1 N–H and O–H groups in total. The number of nitrogens with one attached hydrogen (secondary N) is 1. The smallest absolute Gasteiger partial charge is 0.328 e. The molecule has 3 amide bonds. The molecular formula is C19H15BrCl2N2O3. The summed E-state index contributed by atoms with van der Waals surface area (Å²) < 4.78 is 6.52. The summed E-state index contributed by atoms with van der Waals surface area (Å²) in [5.41, 5.74) is 1.81. The number of benzene rings is 2. The standard InChI is InChI=1S/C19H15BrCl2N2O3/c1-2-24-18(25)16(23-19(24)26)8-11-3-6-17(14(20)7-11)27-10-12-4-5-13(21)9-15(12)22/h3-9H,2,10H2,1H3,(H,23,26)/b16-8+. The van der Waals surface area contributed by atoms with E-state index in [2.05, 4.69) is 21.2 Å². The number of nitrogens with zero attached hydrogens (tertiary/aromatic N) is 1. The second kappa shape index (κ2) is 8.33. The van der Waals surface area contributed by atoms with Crippen LogP contribution in [0.2, 0.25) is 10.0 Å². The zero-order valence-electron chi connectivity index (χ0n) is 14.3. The van der Waals surface area contributed by atoms with Gasteiger partial charge in [-0.1, -0.05) is 35.3 Å². The summed E-state index contributed by atoms with van der Waals surface area (Å²) in [7, 11) is 0. The second-order valence-electron chi connectivity index (χ2n) is 5.75. The van der Waals surface area contributed by atoms with Crippen LogP contribution in [-0.4, -0.2) is 23.4 Å². The van der Waals surface area contributed by atoms with Gasteiger partial charge in [0.25, 0.3) is 5.91 Å². The third-order valence-electron chi connectivity index (χ3n) is 3.94. The van der Waals surface area contributed by atoms with E-state index in [0.29, 0.717) is 26.8 Å². The quantitative estimate of drug-likeness (QED) is 0.480. The number of carbonyl (C=O) groups excluding carboxylic acids is 2. The number of ether oxygens (including phenoxy) is 1. The van der Waals surface area contributed by atoms with Gasteiger partial charge >= 0.3 is 6.03 Å². The Morgan fingerprint density at radius 2 is 1.96 bits per heavy atom. The van der Waals surface area contributed by atoms with Crippen LogP contribution >= 0.6 is 39.1 Å². The molecule has 8 heteroatoms. The predicted molar refractivity (Wildman–Crippen MR) is 109 cm³/mol. The van der Waals surface area contributed by atoms with Crippen molar-refractivity contribution < 1.29 is 14.3 Å². The molecule has 0 bridgehead atoms. The van der Waals surface area contributed by atoms with E-state index in [-0.39, 0.29) is 18.2 Å². The molecule has 0 spiro atoms. The molecule has 1 aliphatic heterocycles. The Labute approximate surface area is 175 Å². The van der Waals surface area contributed by atoms with Crippen molar-refractivity contribution in [3.05, 3.63) is 67.7 Å². The first-order chi connectivity index (χ1) is 12.9. The van der Waals surface area contributed by atoms with Crippen LogP contribution in [0.15, 0.2) is 46.6 Å². The number of amides is 3. The minimum Gasteiger partial charge on any atom is -0.488 e. The highest BCUT2D eigenvalue weighted by Gasteiger charge is 2.31. The number of urea groups is 1. The first-order valence-corrected chi connectivity index (χ1v) is 9.64. The van der Waals surface area contributed by atoms with E-state index < -0.39 is 6.03 Å². The fourth-order valence-electron chi connectivity index (χ4n) is 2.54. The van der Waals surface area contributed by atoms with Crippen LogP contribution in [0.25, 0.3) is 6.08 Å². The molecule has 2 aromatic carbocycles. The first-order valence-electron chi connectivity index (χ1n) is 8.10. The molecule has 0 radical (unpaired) electrons. The summed E-state index contributed by atoms with van der Waals surface area (Å²) >= 11 is 15.5. The van der Waals surface area contributed by atoms with Gasteiger partial charge in [-0.2, -0.15) is 0 Å². The van der Waals surface area contributed by atoms with Crippen LogP contribution in [0.5, 0.6) is 5.75 Å². The summed E-state index contributed by atoms with van der Waals surface area (Å²) in [6, 6.07) is 10.2. The van der Waals surface area contributed by atoms with E-state index in [0.717, 1.165) is 16.0 Å². The van der Waals surface area contributed by atoms with Crippen molar-refractivity contribution >= 4 is 57.1 Å². The number of halogens is 3. The number of carbonyl (C=O) groups is 2. The van der Waals surface area contributed by atoms with E-state index >= 15 is 0 Å². The van der Waals surface area contributed by atoms with Gasteiger partial charge in [0.2, 0.25) is 0 Å². The largest absolute Gasteiger partial charge is 0.488 e. The number of hydrogen-bond donors (Lipinski definition) is 1. The van der Waals surface area contributed by atoms with Gasteiger partial charge in [-0.3, -0.25) is 9.69 Å². The first kappa shape index (κ1) is 19.7. The lowest BCUT2D eigenvalue weighted by molar-refractivity contribution is -0.122. The SMILES string of the molecule is CCN1C(=O)N/C(=C/c2ccc(OCc3ccc(Cl)cc3Cl)c(Br)c2)C1=O. The molecule has 140 valence electrons. The van der Waals surface area contributed by atoms with Crippen molar-refractivity contribution in [2.45, 2.75) is 13.5 Å². The molecule has 0 aliphatic carbocycles. The van der Waals surface area contributed by atoms with Crippen molar-refractivity contribution in [1.29, 1.82) is 0 Å². The Bertz CT molecular complexity index is 947. The highest BCUT2D eigenvalue weighted by Crippen LogP contribution is 2.29. The van der Waals surface area contributed by atoms with Crippen molar-refractivity contribution in [1.82, 2.24) is 10.2 Å². The van der Waals surface area contributed by atoms with Crippen molar-refractivity contribution in [2.75, 3.05) is 6.54 Å². The predicted octanol–water partition coefficient (Wildman–Crippen LogP) is 5.25. The maximum atomic E-state index is 12.1. The monoisotopic (exact) mass is 468 g/mol. The van der Waals surface area contributed by atoms with Gasteiger partial charge in [0.15, 0.2) is 0 Å². The Balaban J connectivity index is 1.73. The molecular weight excluding hydrogens is 455 g/mol. The summed E-state index contributed by atoms with van der Waals surface area (Å²) in [4.78, 5) is 25.0. The maximum absolute atomic E-state index is 12.1. The lowest BCUT2D eigenvalue weighted by Gasteiger charge is -2.10. The number of imide groups is 1. The van der Waals surface area contributed by atoms with Crippen LogP contribution in [0.4, 0.5) is 4.79 Å². The minimum absolute atomic E-state index is 0.246. The number of rotatable bonds is 5. The van der Waals surface area contributed by atoms with E-state index in [9.17, 15) is 9.59 Å². The van der Waals surface area contributed by atoms with Gasteiger partial charge in [0.05, 0.1) is 4.47 Å². The van der Waals surface area contributed by atoms with Crippen LogP contribution < -0.4 is 10.1 Å². The summed E-state index contributed by atoms with van der Waals surface area (Å²) in [6.07, 6.45) is 1.63. The van der Waals surface area contributed by atoms with Crippen LogP contribution in [0.1, 0.15) is 18.1 Å². The molecule has 0 unspecified atom stereocenters. The summed E-state index contributed by atoms with van der Waals surface area (Å²) in [5.74, 6) is 0.288. The van der Waals surface area contributed by atoms with Crippen molar-refractivity contribution in [2.24, 2.45) is 0 Å². The molecule has 1 heterocycles. The lowest BCUT2D eigenvalue weighted by atomic mass is 10.2. The fraction of sp³-hybridized carbons (Fsp3) is 0.158. The van der Waals surface area contributed by atoms with Gasteiger partial charge in [-0.25, -0.2) is 4.79 Å². The Morgan fingerprint density at radius 1 is 1.19 bits per heavy atom. The minimum atomic E-state index is -0.410. The van der Waals surface area contributed by atoms with Gasteiger partial charge in [0, 0.05) is 22.2 Å². The van der Waals surface area contributed by atoms with E-state index in [1.807, 2.05) is 6.07 Å². The Hall–Kier alpha value is -2.02. The van der Waals surface area contributed by atoms with Crippen molar-refractivity contribution in [3.63, 3.8) is 0 Å². The highest BCUT2D eigenvalue weighted by atomic mass is 79.9.